The van der Waals surface area contributed by atoms with Gasteiger partial charge in [0, 0.05) is 17.4 Å². The molecule has 0 bridgehead atoms. The maximum Gasteiger partial charge on any atom is 0.286 e. The van der Waals surface area contributed by atoms with Gasteiger partial charge < -0.3 is 15.5 Å². The SMILES string of the molecule is NC(=O)c1oc2cc(F)ccc2c1NC(=O)C1CC1. The first-order valence-corrected chi connectivity index (χ1v) is 5.89. The second-order valence-electron chi connectivity index (χ2n) is 4.57. The number of carbonyl (C=O) groups excluding carboxylic acids is 2. The molecule has 1 aromatic heterocycles. The van der Waals surface area contributed by atoms with Gasteiger partial charge in [0.15, 0.2) is 0 Å². The van der Waals surface area contributed by atoms with Gasteiger partial charge in [-0.1, -0.05) is 0 Å². The highest BCUT2D eigenvalue weighted by Crippen LogP contribution is 2.35. The third kappa shape index (κ3) is 2.05. The van der Waals surface area contributed by atoms with Crippen LogP contribution in [0.2, 0.25) is 0 Å². The third-order valence-electron chi connectivity index (χ3n) is 3.07. The number of primary amides is 1. The minimum atomic E-state index is -0.803. The normalized spacial score (nSPS) is 14.6. The Labute approximate surface area is 107 Å². The van der Waals surface area contributed by atoms with Crippen molar-refractivity contribution in [2.24, 2.45) is 11.7 Å². The summed E-state index contributed by atoms with van der Waals surface area (Å²) >= 11 is 0. The van der Waals surface area contributed by atoms with Crippen LogP contribution in [0.15, 0.2) is 22.6 Å². The molecule has 0 atom stereocenters. The summed E-state index contributed by atoms with van der Waals surface area (Å²) in [4.78, 5) is 23.1. The number of benzene rings is 1. The van der Waals surface area contributed by atoms with Gasteiger partial charge in [0.25, 0.3) is 5.91 Å². The van der Waals surface area contributed by atoms with Gasteiger partial charge in [0.2, 0.25) is 11.7 Å². The molecular weight excluding hydrogens is 251 g/mol. The van der Waals surface area contributed by atoms with Crippen LogP contribution >= 0.6 is 0 Å². The molecule has 3 N–H and O–H groups in total. The zero-order valence-electron chi connectivity index (χ0n) is 9.90. The first-order chi connectivity index (χ1) is 9.06. The van der Waals surface area contributed by atoms with Crippen molar-refractivity contribution >= 4 is 28.5 Å². The molecular formula is C13H11FN2O3. The van der Waals surface area contributed by atoms with Crippen molar-refractivity contribution in [2.75, 3.05) is 5.32 Å². The van der Waals surface area contributed by atoms with E-state index in [-0.39, 0.29) is 28.9 Å². The number of anilines is 1. The zero-order chi connectivity index (χ0) is 13.6. The number of halogens is 1. The molecule has 0 saturated heterocycles. The Balaban J connectivity index is 2.10. The van der Waals surface area contributed by atoms with E-state index in [1.165, 1.54) is 12.1 Å². The molecule has 1 aromatic carbocycles. The van der Waals surface area contributed by atoms with Gasteiger partial charge in [-0.2, -0.15) is 0 Å². The zero-order valence-corrected chi connectivity index (χ0v) is 9.90. The molecule has 19 heavy (non-hydrogen) atoms. The monoisotopic (exact) mass is 262 g/mol. The molecule has 0 unspecified atom stereocenters. The molecule has 1 aliphatic carbocycles. The maximum atomic E-state index is 13.1. The Morgan fingerprint density at radius 1 is 1.37 bits per heavy atom. The van der Waals surface area contributed by atoms with Crippen LogP contribution in [0.25, 0.3) is 11.0 Å². The molecule has 1 fully saturated rings. The van der Waals surface area contributed by atoms with Crippen LogP contribution in [-0.2, 0) is 4.79 Å². The van der Waals surface area contributed by atoms with E-state index >= 15 is 0 Å². The summed E-state index contributed by atoms with van der Waals surface area (Å²) in [7, 11) is 0. The minimum Gasteiger partial charge on any atom is -0.449 e. The number of nitrogens with one attached hydrogen (secondary N) is 1. The summed E-state index contributed by atoms with van der Waals surface area (Å²) < 4.78 is 18.3. The molecule has 2 amide bonds. The largest absolute Gasteiger partial charge is 0.449 e. The van der Waals surface area contributed by atoms with Crippen molar-refractivity contribution in [1.82, 2.24) is 0 Å². The molecule has 1 heterocycles. The van der Waals surface area contributed by atoms with Crippen molar-refractivity contribution in [3.8, 4) is 0 Å². The predicted octanol–water partition coefficient (Wildman–Crippen LogP) is 2.02. The Hall–Kier alpha value is -2.37. The van der Waals surface area contributed by atoms with Gasteiger partial charge in [-0.05, 0) is 25.0 Å². The van der Waals surface area contributed by atoms with E-state index in [4.69, 9.17) is 10.2 Å². The molecule has 3 rings (SSSR count). The number of fused-ring (bicyclic) bond motifs is 1. The molecule has 5 nitrogen and oxygen atoms in total. The molecule has 2 aromatic rings. The maximum absolute atomic E-state index is 13.1. The molecule has 1 saturated carbocycles. The van der Waals surface area contributed by atoms with Gasteiger partial charge in [0.05, 0.1) is 0 Å². The number of nitrogens with two attached hydrogens (primary N) is 1. The van der Waals surface area contributed by atoms with Crippen molar-refractivity contribution in [3.05, 3.63) is 29.8 Å². The molecule has 1 aliphatic rings. The second-order valence-corrected chi connectivity index (χ2v) is 4.57. The van der Waals surface area contributed by atoms with Gasteiger partial charge >= 0.3 is 0 Å². The van der Waals surface area contributed by atoms with E-state index in [0.29, 0.717) is 5.39 Å². The highest BCUT2D eigenvalue weighted by Gasteiger charge is 2.31. The second kappa shape index (κ2) is 4.08. The first kappa shape index (κ1) is 11.7. The third-order valence-corrected chi connectivity index (χ3v) is 3.07. The Kier molecular flexibility index (Phi) is 2.51. The van der Waals surface area contributed by atoms with E-state index in [0.717, 1.165) is 18.9 Å². The molecule has 0 aliphatic heterocycles. The number of carbonyl (C=O) groups is 2. The number of rotatable bonds is 3. The summed E-state index contributed by atoms with van der Waals surface area (Å²) in [5.74, 6) is -1.64. The van der Waals surface area contributed by atoms with E-state index in [1.807, 2.05) is 0 Å². The number of hydrogen-bond donors (Lipinski definition) is 2. The van der Waals surface area contributed by atoms with Crippen molar-refractivity contribution < 1.29 is 18.4 Å². The minimum absolute atomic E-state index is 0.0221. The van der Waals surface area contributed by atoms with Crippen molar-refractivity contribution in [3.63, 3.8) is 0 Å². The fourth-order valence-corrected chi connectivity index (χ4v) is 1.94. The van der Waals surface area contributed by atoms with Crippen LogP contribution in [0.4, 0.5) is 10.1 Å². The van der Waals surface area contributed by atoms with E-state index < -0.39 is 11.7 Å². The number of amides is 2. The van der Waals surface area contributed by atoms with Crippen LogP contribution in [0.3, 0.4) is 0 Å². The Morgan fingerprint density at radius 2 is 2.11 bits per heavy atom. The molecule has 0 spiro atoms. The summed E-state index contributed by atoms with van der Waals surface area (Å²) in [6.07, 6.45) is 1.67. The summed E-state index contributed by atoms with van der Waals surface area (Å²) in [5, 5.41) is 3.10. The predicted molar refractivity (Wildman–Crippen MR) is 66.0 cm³/mol. The van der Waals surface area contributed by atoms with E-state index in [1.54, 1.807) is 0 Å². The summed E-state index contributed by atoms with van der Waals surface area (Å²) in [5.41, 5.74) is 5.61. The van der Waals surface area contributed by atoms with Crippen molar-refractivity contribution in [1.29, 1.82) is 0 Å². The van der Waals surface area contributed by atoms with E-state index in [9.17, 15) is 14.0 Å². The van der Waals surface area contributed by atoms with Gasteiger partial charge in [-0.25, -0.2) is 4.39 Å². The topological polar surface area (TPSA) is 85.3 Å². The molecule has 6 heteroatoms. The van der Waals surface area contributed by atoms with Gasteiger partial charge in [-0.15, -0.1) is 0 Å². The Morgan fingerprint density at radius 3 is 2.74 bits per heavy atom. The van der Waals surface area contributed by atoms with Crippen LogP contribution in [0.5, 0.6) is 0 Å². The lowest BCUT2D eigenvalue weighted by Gasteiger charge is -2.03. The van der Waals surface area contributed by atoms with Gasteiger partial charge in [0.1, 0.15) is 17.1 Å². The average Bonchev–Trinajstić information content (AvgIpc) is 3.13. The van der Waals surface area contributed by atoms with E-state index in [2.05, 4.69) is 5.32 Å². The number of furan rings is 1. The lowest BCUT2D eigenvalue weighted by Crippen LogP contribution is -2.17. The lowest BCUT2D eigenvalue weighted by molar-refractivity contribution is -0.117. The fraction of sp³-hybridized carbons (Fsp3) is 0.231. The highest BCUT2D eigenvalue weighted by atomic mass is 19.1. The van der Waals surface area contributed by atoms with Crippen LogP contribution in [-0.4, -0.2) is 11.8 Å². The quantitative estimate of drug-likeness (QED) is 0.887. The van der Waals surface area contributed by atoms with Gasteiger partial charge in [-0.3, -0.25) is 9.59 Å². The lowest BCUT2D eigenvalue weighted by atomic mass is 10.2. The Bertz CT molecular complexity index is 688. The highest BCUT2D eigenvalue weighted by molar-refractivity contribution is 6.11. The molecule has 0 radical (unpaired) electrons. The number of hydrogen-bond acceptors (Lipinski definition) is 3. The summed E-state index contributed by atoms with van der Waals surface area (Å²) in [6, 6.07) is 3.83. The average molecular weight is 262 g/mol. The van der Waals surface area contributed by atoms with Crippen molar-refractivity contribution in [2.45, 2.75) is 12.8 Å². The fourth-order valence-electron chi connectivity index (χ4n) is 1.94. The molecule has 98 valence electrons. The first-order valence-electron chi connectivity index (χ1n) is 5.89. The smallest absolute Gasteiger partial charge is 0.286 e. The summed E-state index contributed by atoms with van der Waals surface area (Å²) in [6.45, 7) is 0. The standard InChI is InChI=1S/C13H11FN2O3/c14-7-3-4-8-9(5-7)19-11(12(15)17)10(8)16-13(18)6-1-2-6/h3-6H,1-2H2,(H2,15,17)(H,16,18). The van der Waals surface area contributed by atoms with Crippen LogP contribution in [0.1, 0.15) is 23.4 Å². The van der Waals surface area contributed by atoms with Crippen LogP contribution in [0, 0.1) is 11.7 Å². The van der Waals surface area contributed by atoms with Crippen LogP contribution < -0.4 is 11.1 Å².